The number of aromatic nitrogens is 2. The quantitative estimate of drug-likeness (QED) is 0.724. The summed E-state index contributed by atoms with van der Waals surface area (Å²) in [5.74, 6) is 0.472. The molecule has 4 heteroatoms. The van der Waals surface area contributed by atoms with Gasteiger partial charge in [-0.25, -0.2) is 9.97 Å². The van der Waals surface area contributed by atoms with Gasteiger partial charge in [0, 0.05) is 18.0 Å². The largest absolute Gasteiger partial charge is 0.384 e. The minimum atomic E-state index is 0.472. The van der Waals surface area contributed by atoms with Crippen molar-refractivity contribution in [1.29, 1.82) is 0 Å². The molecule has 14 heavy (non-hydrogen) atoms. The lowest BCUT2D eigenvalue weighted by atomic mass is 10.2. The molecule has 1 rings (SSSR count). The summed E-state index contributed by atoms with van der Waals surface area (Å²) in [5, 5.41) is 0. The van der Waals surface area contributed by atoms with Crippen molar-refractivity contribution in [3.63, 3.8) is 0 Å². The molecule has 74 valence electrons. The Morgan fingerprint density at radius 3 is 2.64 bits per heavy atom. The minimum Gasteiger partial charge on any atom is -0.384 e. The molecule has 0 aromatic carbocycles. The SMILES string of the molecule is CC(C)=N/C=C(\C)c1cc(N)ncn1. The van der Waals surface area contributed by atoms with E-state index in [1.165, 1.54) is 6.33 Å². The maximum absolute atomic E-state index is 5.54. The van der Waals surface area contributed by atoms with Crippen molar-refractivity contribution in [3.8, 4) is 0 Å². The predicted octanol–water partition coefficient (Wildman–Crippen LogP) is 1.90. The molecule has 0 aliphatic heterocycles. The summed E-state index contributed by atoms with van der Waals surface area (Å²) in [6.07, 6.45) is 3.22. The number of hydrogen-bond donors (Lipinski definition) is 1. The Hall–Kier alpha value is -1.71. The second-order valence-electron chi connectivity index (χ2n) is 3.22. The normalized spacial score (nSPS) is 11.2. The van der Waals surface area contributed by atoms with Gasteiger partial charge in [-0.05, 0) is 26.3 Å². The van der Waals surface area contributed by atoms with Crippen LogP contribution in [0.25, 0.3) is 5.57 Å². The number of nitrogens with two attached hydrogens (primary N) is 1. The summed E-state index contributed by atoms with van der Waals surface area (Å²) in [4.78, 5) is 12.1. The predicted molar refractivity (Wildman–Crippen MR) is 58.9 cm³/mol. The van der Waals surface area contributed by atoms with Crippen LogP contribution < -0.4 is 5.73 Å². The van der Waals surface area contributed by atoms with Crippen molar-refractivity contribution < 1.29 is 0 Å². The molecule has 0 saturated carbocycles. The van der Waals surface area contributed by atoms with Crippen molar-refractivity contribution in [2.75, 3.05) is 5.73 Å². The molecule has 0 radical (unpaired) electrons. The van der Waals surface area contributed by atoms with Gasteiger partial charge in [-0.3, -0.25) is 4.99 Å². The summed E-state index contributed by atoms with van der Waals surface area (Å²) in [6, 6.07) is 1.73. The van der Waals surface area contributed by atoms with Crippen LogP contribution in [0.2, 0.25) is 0 Å². The van der Waals surface area contributed by atoms with Gasteiger partial charge in [0.05, 0.1) is 5.69 Å². The zero-order chi connectivity index (χ0) is 10.6. The molecule has 1 aromatic rings. The molecule has 0 bridgehead atoms. The number of allylic oxidation sites excluding steroid dienone is 1. The first-order valence-electron chi connectivity index (χ1n) is 4.35. The summed E-state index contributed by atoms with van der Waals surface area (Å²) < 4.78 is 0. The Morgan fingerprint density at radius 1 is 1.36 bits per heavy atom. The number of nitrogen functional groups attached to an aromatic ring is 1. The van der Waals surface area contributed by atoms with Gasteiger partial charge in [-0.15, -0.1) is 0 Å². The summed E-state index contributed by atoms with van der Waals surface area (Å²) >= 11 is 0. The van der Waals surface area contributed by atoms with E-state index in [2.05, 4.69) is 15.0 Å². The van der Waals surface area contributed by atoms with E-state index in [1.54, 1.807) is 12.3 Å². The highest BCUT2D eigenvalue weighted by atomic mass is 14.9. The highest BCUT2D eigenvalue weighted by Gasteiger charge is 1.97. The van der Waals surface area contributed by atoms with E-state index in [9.17, 15) is 0 Å². The average molecular weight is 190 g/mol. The van der Waals surface area contributed by atoms with Gasteiger partial charge in [0.2, 0.25) is 0 Å². The van der Waals surface area contributed by atoms with Gasteiger partial charge in [-0.1, -0.05) is 0 Å². The van der Waals surface area contributed by atoms with E-state index in [0.29, 0.717) is 5.82 Å². The summed E-state index contributed by atoms with van der Waals surface area (Å²) in [6.45, 7) is 5.82. The number of nitrogens with zero attached hydrogens (tertiary/aromatic N) is 3. The molecule has 0 aliphatic carbocycles. The lowest BCUT2D eigenvalue weighted by Gasteiger charge is -1.99. The van der Waals surface area contributed by atoms with Crippen LogP contribution in [0, 0.1) is 0 Å². The molecule has 4 nitrogen and oxygen atoms in total. The molecule has 1 aromatic heterocycles. The third-order valence-electron chi connectivity index (χ3n) is 1.61. The van der Waals surface area contributed by atoms with Crippen molar-refractivity contribution >= 4 is 17.1 Å². The molecule has 0 atom stereocenters. The van der Waals surface area contributed by atoms with E-state index in [-0.39, 0.29) is 0 Å². The number of hydrogen-bond acceptors (Lipinski definition) is 4. The van der Waals surface area contributed by atoms with E-state index < -0.39 is 0 Å². The molecule has 2 N–H and O–H groups in total. The minimum absolute atomic E-state index is 0.472. The van der Waals surface area contributed by atoms with Gasteiger partial charge in [-0.2, -0.15) is 0 Å². The smallest absolute Gasteiger partial charge is 0.127 e. The molecule has 0 unspecified atom stereocenters. The maximum Gasteiger partial charge on any atom is 0.127 e. The Labute approximate surface area is 83.6 Å². The van der Waals surface area contributed by atoms with Crippen molar-refractivity contribution in [1.82, 2.24) is 9.97 Å². The van der Waals surface area contributed by atoms with Gasteiger partial charge in [0.1, 0.15) is 12.1 Å². The van der Waals surface area contributed by atoms with Crippen molar-refractivity contribution in [2.45, 2.75) is 20.8 Å². The monoisotopic (exact) mass is 190 g/mol. The fourth-order valence-electron chi connectivity index (χ4n) is 0.880. The first-order chi connectivity index (χ1) is 6.59. The molecule has 0 saturated heterocycles. The van der Waals surface area contributed by atoms with E-state index in [0.717, 1.165) is 17.0 Å². The molecule has 0 aliphatic rings. The highest BCUT2D eigenvalue weighted by Crippen LogP contribution is 2.11. The van der Waals surface area contributed by atoms with Crippen LogP contribution in [0.5, 0.6) is 0 Å². The summed E-state index contributed by atoms with van der Waals surface area (Å²) in [5.41, 5.74) is 8.32. The Balaban J connectivity index is 2.95. The Morgan fingerprint density at radius 2 is 2.07 bits per heavy atom. The lowest BCUT2D eigenvalue weighted by molar-refractivity contribution is 1.14. The molecular formula is C10H14N4. The number of rotatable bonds is 2. The van der Waals surface area contributed by atoms with Crippen LogP contribution in [-0.4, -0.2) is 15.7 Å². The van der Waals surface area contributed by atoms with Gasteiger partial charge in [0.25, 0.3) is 0 Å². The zero-order valence-corrected chi connectivity index (χ0v) is 8.65. The van der Waals surface area contributed by atoms with Gasteiger partial charge in [0.15, 0.2) is 0 Å². The number of anilines is 1. The van der Waals surface area contributed by atoms with Gasteiger partial charge >= 0.3 is 0 Å². The van der Waals surface area contributed by atoms with Crippen LogP contribution in [0.15, 0.2) is 23.6 Å². The first-order valence-corrected chi connectivity index (χ1v) is 4.35. The standard InChI is InChI=1S/C10H14N4/c1-7(2)12-5-8(3)9-4-10(11)14-6-13-9/h4-6H,1-3H3,(H2,11,13,14)/b8-5+. The van der Waals surface area contributed by atoms with Crippen LogP contribution in [0.3, 0.4) is 0 Å². The lowest BCUT2D eigenvalue weighted by Crippen LogP contribution is -1.94. The van der Waals surface area contributed by atoms with Crippen LogP contribution in [0.4, 0.5) is 5.82 Å². The van der Waals surface area contributed by atoms with Crippen molar-refractivity contribution in [2.24, 2.45) is 4.99 Å². The molecule has 1 heterocycles. The first kappa shape index (κ1) is 10.4. The number of aliphatic imine (C=N–C) groups is 1. The van der Waals surface area contributed by atoms with E-state index in [4.69, 9.17) is 5.73 Å². The molecule has 0 fully saturated rings. The van der Waals surface area contributed by atoms with Crippen LogP contribution in [0.1, 0.15) is 26.5 Å². The van der Waals surface area contributed by atoms with Crippen LogP contribution >= 0.6 is 0 Å². The molecular weight excluding hydrogens is 176 g/mol. The second-order valence-corrected chi connectivity index (χ2v) is 3.22. The third-order valence-corrected chi connectivity index (χ3v) is 1.61. The topological polar surface area (TPSA) is 64.2 Å². The Kier molecular flexibility index (Phi) is 3.34. The second kappa shape index (κ2) is 4.50. The van der Waals surface area contributed by atoms with E-state index in [1.807, 2.05) is 20.8 Å². The summed E-state index contributed by atoms with van der Waals surface area (Å²) in [7, 11) is 0. The Bertz CT molecular complexity index is 375. The fraction of sp³-hybridized carbons (Fsp3) is 0.300. The maximum atomic E-state index is 5.54. The van der Waals surface area contributed by atoms with E-state index >= 15 is 0 Å². The van der Waals surface area contributed by atoms with Crippen LogP contribution in [-0.2, 0) is 0 Å². The molecule has 0 spiro atoms. The molecule has 0 amide bonds. The van der Waals surface area contributed by atoms with Crippen molar-refractivity contribution in [3.05, 3.63) is 24.3 Å². The van der Waals surface area contributed by atoms with Gasteiger partial charge < -0.3 is 5.73 Å². The fourth-order valence-corrected chi connectivity index (χ4v) is 0.880. The average Bonchev–Trinajstić information content (AvgIpc) is 2.14. The highest BCUT2D eigenvalue weighted by molar-refractivity contribution is 5.80. The zero-order valence-electron chi connectivity index (χ0n) is 8.65. The third kappa shape index (κ3) is 2.97.